The zero-order valence-corrected chi connectivity index (χ0v) is 9.99. The third-order valence-electron chi connectivity index (χ3n) is 3.74. The Bertz CT molecular complexity index is 304. The molecular formula is C12H19NO3. The van der Waals surface area contributed by atoms with Crippen LogP contribution in [0.5, 0.6) is 0 Å². The molecule has 1 amide bonds. The highest BCUT2D eigenvalue weighted by Crippen LogP contribution is 2.40. The van der Waals surface area contributed by atoms with Crippen molar-refractivity contribution < 1.29 is 14.3 Å². The van der Waals surface area contributed by atoms with Crippen LogP contribution in [0.2, 0.25) is 0 Å². The van der Waals surface area contributed by atoms with Crippen molar-refractivity contribution in [3.8, 4) is 0 Å². The van der Waals surface area contributed by atoms with Gasteiger partial charge in [0.05, 0.1) is 18.6 Å². The maximum absolute atomic E-state index is 11.8. The largest absolute Gasteiger partial charge is 0.350 e. The first kappa shape index (κ1) is 10.5. The summed E-state index contributed by atoms with van der Waals surface area (Å²) < 4.78 is 11.3. The minimum absolute atomic E-state index is 0.0834. The van der Waals surface area contributed by atoms with E-state index in [1.165, 1.54) is 0 Å². The summed E-state index contributed by atoms with van der Waals surface area (Å²) in [5, 5.41) is 0. The van der Waals surface area contributed by atoms with E-state index >= 15 is 0 Å². The number of hydrogen-bond donors (Lipinski definition) is 0. The lowest BCUT2D eigenvalue weighted by Gasteiger charge is -2.54. The summed E-state index contributed by atoms with van der Waals surface area (Å²) in [5.41, 5.74) is 0.0834. The lowest BCUT2D eigenvalue weighted by Crippen LogP contribution is -2.66. The van der Waals surface area contributed by atoms with Gasteiger partial charge in [0.25, 0.3) is 0 Å². The third-order valence-corrected chi connectivity index (χ3v) is 3.74. The zero-order valence-electron chi connectivity index (χ0n) is 9.99. The second-order valence-corrected chi connectivity index (χ2v) is 5.95. The number of amides is 1. The molecule has 0 aromatic heterocycles. The van der Waals surface area contributed by atoms with Crippen LogP contribution in [0.25, 0.3) is 0 Å². The van der Waals surface area contributed by atoms with E-state index in [2.05, 4.69) is 0 Å². The van der Waals surface area contributed by atoms with Crippen molar-refractivity contribution >= 4 is 5.91 Å². The molecule has 16 heavy (non-hydrogen) atoms. The van der Waals surface area contributed by atoms with Crippen LogP contribution in [0.15, 0.2) is 0 Å². The Kier molecular flexibility index (Phi) is 2.11. The highest BCUT2D eigenvalue weighted by Gasteiger charge is 2.51. The number of carbonyl (C=O) groups excluding carboxylic acids is 1. The maximum atomic E-state index is 11.8. The van der Waals surface area contributed by atoms with Gasteiger partial charge in [-0.1, -0.05) is 0 Å². The lowest BCUT2D eigenvalue weighted by atomic mass is 9.80. The topological polar surface area (TPSA) is 38.8 Å². The number of rotatable bonds is 1. The molecule has 0 bridgehead atoms. The first-order chi connectivity index (χ1) is 7.50. The molecule has 0 radical (unpaired) electrons. The summed E-state index contributed by atoms with van der Waals surface area (Å²) in [6, 6.07) is 0. The molecule has 4 heteroatoms. The number of hydrogen-bond acceptors (Lipinski definition) is 3. The Hall–Kier alpha value is -0.610. The van der Waals surface area contributed by atoms with Gasteiger partial charge < -0.3 is 14.4 Å². The zero-order chi connectivity index (χ0) is 11.4. The van der Waals surface area contributed by atoms with E-state index in [0.717, 1.165) is 25.9 Å². The first-order valence-electron chi connectivity index (χ1n) is 6.07. The molecule has 1 aliphatic carbocycles. The fourth-order valence-electron chi connectivity index (χ4n) is 2.43. The molecular weight excluding hydrogens is 206 g/mol. The Balaban J connectivity index is 1.54. The van der Waals surface area contributed by atoms with Crippen LogP contribution in [0.3, 0.4) is 0 Å². The molecule has 0 aromatic rings. The number of carbonyl (C=O) groups is 1. The SMILES string of the molecule is CC1(C)OCC2(CO1)CN(C(=O)C1CC1)C2. The summed E-state index contributed by atoms with van der Waals surface area (Å²) in [7, 11) is 0. The maximum Gasteiger partial charge on any atom is 0.225 e. The highest BCUT2D eigenvalue weighted by atomic mass is 16.7. The molecule has 1 spiro atoms. The monoisotopic (exact) mass is 225 g/mol. The smallest absolute Gasteiger partial charge is 0.225 e. The van der Waals surface area contributed by atoms with E-state index in [0.29, 0.717) is 25.0 Å². The van der Waals surface area contributed by atoms with Gasteiger partial charge in [0.1, 0.15) is 0 Å². The predicted octanol–water partition coefficient (Wildman–Crippen LogP) is 1.01. The van der Waals surface area contributed by atoms with E-state index in [-0.39, 0.29) is 5.41 Å². The Morgan fingerprint density at radius 3 is 2.25 bits per heavy atom. The molecule has 0 atom stereocenters. The van der Waals surface area contributed by atoms with Crippen molar-refractivity contribution in [3.05, 3.63) is 0 Å². The van der Waals surface area contributed by atoms with Crippen LogP contribution in [0.4, 0.5) is 0 Å². The van der Waals surface area contributed by atoms with Crippen LogP contribution in [-0.4, -0.2) is 42.9 Å². The van der Waals surface area contributed by atoms with E-state index in [9.17, 15) is 4.79 Å². The Morgan fingerprint density at radius 1 is 1.19 bits per heavy atom. The van der Waals surface area contributed by atoms with Gasteiger partial charge in [-0.2, -0.15) is 0 Å². The first-order valence-corrected chi connectivity index (χ1v) is 6.07. The Labute approximate surface area is 95.9 Å². The molecule has 2 heterocycles. The van der Waals surface area contributed by atoms with E-state index in [4.69, 9.17) is 9.47 Å². The van der Waals surface area contributed by atoms with Crippen molar-refractivity contribution in [1.29, 1.82) is 0 Å². The number of nitrogens with zero attached hydrogens (tertiary/aromatic N) is 1. The minimum atomic E-state index is -0.452. The van der Waals surface area contributed by atoms with Gasteiger partial charge >= 0.3 is 0 Å². The van der Waals surface area contributed by atoms with Gasteiger partial charge in [0.2, 0.25) is 5.91 Å². The molecule has 4 nitrogen and oxygen atoms in total. The van der Waals surface area contributed by atoms with Gasteiger partial charge in [-0.05, 0) is 26.7 Å². The fraction of sp³-hybridized carbons (Fsp3) is 0.917. The van der Waals surface area contributed by atoms with Crippen LogP contribution >= 0.6 is 0 Å². The third kappa shape index (κ3) is 1.74. The van der Waals surface area contributed by atoms with Crippen LogP contribution in [0.1, 0.15) is 26.7 Å². The summed E-state index contributed by atoms with van der Waals surface area (Å²) in [5.74, 6) is 0.223. The molecule has 2 saturated heterocycles. The molecule has 0 unspecified atom stereocenters. The van der Waals surface area contributed by atoms with Gasteiger partial charge in [-0.25, -0.2) is 0 Å². The predicted molar refractivity (Wildman–Crippen MR) is 57.7 cm³/mol. The van der Waals surface area contributed by atoms with E-state index in [1.54, 1.807) is 0 Å². The van der Waals surface area contributed by atoms with Crippen LogP contribution < -0.4 is 0 Å². The number of ether oxygens (including phenoxy) is 2. The van der Waals surface area contributed by atoms with Crippen LogP contribution in [0, 0.1) is 11.3 Å². The molecule has 90 valence electrons. The average Bonchev–Trinajstić information content (AvgIpc) is 2.97. The van der Waals surface area contributed by atoms with E-state index in [1.807, 2.05) is 18.7 Å². The minimum Gasteiger partial charge on any atom is -0.350 e. The van der Waals surface area contributed by atoms with Crippen molar-refractivity contribution in [1.82, 2.24) is 4.90 Å². The summed E-state index contributed by atoms with van der Waals surface area (Å²) in [6.07, 6.45) is 2.17. The number of likely N-dealkylation sites (tertiary alicyclic amines) is 1. The van der Waals surface area contributed by atoms with Gasteiger partial charge in [0.15, 0.2) is 5.79 Å². The summed E-state index contributed by atoms with van der Waals surface area (Å²) in [6.45, 7) is 6.94. The molecule has 1 saturated carbocycles. The average molecular weight is 225 g/mol. The van der Waals surface area contributed by atoms with Gasteiger partial charge in [-0.15, -0.1) is 0 Å². The van der Waals surface area contributed by atoms with Gasteiger partial charge in [0, 0.05) is 19.0 Å². The Morgan fingerprint density at radius 2 is 1.75 bits per heavy atom. The van der Waals surface area contributed by atoms with Crippen LogP contribution in [-0.2, 0) is 14.3 Å². The van der Waals surface area contributed by atoms with Crippen molar-refractivity contribution in [2.75, 3.05) is 26.3 Å². The lowest BCUT2D eigenvalue weighted by molar-refractivity contribution is -0.303. The normalized spacial score (nSPS) is 31.2. The van der Waals surface area contributed by atoms with Gasteiger partial charge in [-0.3, -0.25) is 4.79 Å². The van der Waals surface area contributed by atoms with Crippen molar-refractivity contribution in [2.45, 2.75) is 32.5 Å². The summed E-state index contributed by atoms with van der Waals surface area (Å²) >= 11 is 0. The second kappa shape index (κ2) is 3.20. The molecule has 3 rings (SSSR count). The molecule has 0 N–H and O–H groups in total. The molecule has 0 aromatic carbocycles. The van der Waals surface area contributed by atoms with E-state index < -0.39 is 5.79 Å². The second-order valence-electron chi connectivity index (χ2n) is 5.95. The molecule has 3 aliphatic rings. The highest BCUT2D eigenvalue weighted by molar-refractivity contribution is 5.82. The molecule has 3 fully saturated rings. The standard InChI is InChI=1S/C12H19NO3/c1-11(2)15-7-12(8-16-11)5-13(6-12)10(14)9-3-4-9/h9H,3-8H2,1-2H3. The van der Waals surface area contributed by atoms with Crippen molar-refractivity contribution in [2.24, 2.45) is 11.3 Å². The summed E-state index contributed by atoms with van der Waals surface area (Å²) in [4.78, 5) is 13.7. The quantitative estimate of drug-likeness (QED) is 0.668. The van der Waals surface area contributed by atoms with Crippen molar-refractivity contribution in [3.63, 3.8) is 0 Å². The molecule has 2 aliphatic heterocycles. The fourth-order valence-corrected chi connectivity index (χ4v) is 2.43.